The number of hydrazine groups is 1. The maximum Gasteiger partial charge on any atom is 0.0493 e. The Morgan fingerprint density at radius 2 is 2.12 bits per heavy atom. The maximum atomic E-state index is 6.14. The Morgan fingerprint density at radius 3 is 2.56 bits per heavy atom. The fraction of sp³-hybridized carbons (Fsp3) is 0.538. The molecular formula is C13H19ClN2. The van der Waals surface area contributed by atoms with Crippen molar-refractivity contribution in [3.63, 3.8) is 0 Å². The van der Waals surface area contributed by atoms with Crippen LogP contribution in [0.15, 0.2) is 18.2 Å². The van der Waals surface area contributed by atoms with Gasteiger partial charge in [-0.1, -0.05) is 37.6 Å². The Labute approximate surface area is 102 Å². The van der Waals surface area contributed by atoms with E-state index in [0.717, 1.165) is 10.6 Å². The summed E-state index contributed by atoms with van der Waals surface area (Å²) in [7, 11) is 0. The van der Waals surface area contributed by atoms with Gasteiger partial charge < -0.3 is 0 Å². The summed E-state index contributed by atoms with van der Waals surface area (Å²) in [5, 5.41) is 0.816. The van der Waals surface area contributed by atoms with E-state index in [4.69, 9.17) is 17.4 Å². The minimum Gasteiger partial charge on any atom is -0.271 e. The van der Waals surface area contributed by atoms with Crippen molar-refractivity contribution < 1.29 is 0 Å². The van der Waals surface area contributed by atoms with Crippen LogP contribution in [-0.4, -0.2) is 0 Å². The lowest BCUT2D eigenvalue weighted by Crippen LogP contribution is -2.30. The molecule has 1 saturated carbocycles. The van der Waals surface area contributed by atoms with Crippen LogP contribution in [0, 0.1) is 18.3 Å². The van der Waals surface area contributed by atoms with E-state index in [2.05, 4.69) is 31.4 Å². The second-order valence-electron chi connectivity index (χ2n) is 5.45. The van der Waals surface area contributed by atoms with Gasteiger partial charge in [0.25, 0.3) is 0 Å². The first kappa shape index (κ1) is 11.9. The monoisotopic (exact) mass is 238 g/mol. The minimum atomic E-state index is 0.216. The zero-order chi connectivity index (χ0) is 11.9. The average Bonchev–Trinajstić information content (AvgIpc) is 2.82. The quantitative estimate of drug-likeness (QED) is 0.627. The summed E-state index contributed by atoms with van der Waals surface area (Å²) in [4.78, 5) is 0. The molecule has 2 rings (SSSR count). The molecule has 0 radical (unpaired) electrons. The molecule has 0 spiro atoms. The van der Waals surface area contributed by atoms with Gasteiger partial charge in [0.05, 0.1) is 0 Å². The third-order valence-electron chi connectivity index (χ3n) is 3.73. The van der Waals surface area contributed by atoms with Gasteiger partial charge >= 0.3 is 0 Å². The molecule has 0 bridgehead atoms. The van der Waals surface area contributed by atoms with Gasteiger partial charge in [0.1, 0.15) is 0 Å². The molecule has 2 unspecified atom stereocenters. The number of nitrogens with two attached hydrogens (primary N) is 1. The summed E-state index contributed by atoms with van der Waals surface area (Å²) in [6.07, 6.45) is 1.22. The third kappa shape index (κ3) is 2.10. The average molecular weight is 239 g/mol. The number of hydrogen-bond acceptors (Lipinski definition) is 2. The van der Waals surface area contributed by atoms with Crippen molar-refractivity contribution in [2.24, 2.45) is 17.2 Å². The van der Waals surface area contributed by atoms with E-state index in [9.17, 15) is 0 Å². The Kier molecular flexibility index (Phi) is 2.99. The molecule has 16 heavy (non-hydrogen) atoms. The first-order chi connectivity index (χ1) is 7.45. The summed E-state index contributed by atoms with van der Waals surface area (Å²) in [6, 6.07) is 6.40. The molecule has 0 aromatic heterocycles. The lowest BCUT2D eigenvalue weighted by atomic mass is 9.97. The topological polar surface area (TPSA) is 38.0 Å². The van der Waals surface area contributed by atoms with Gasteiger partial charge in [-0.3, -0.25) is 11.3 Å². The highest BCUT2D eigenvalue weighted by Crippen LogP contribution is 2.57. The molecule has 0 amide bonds. The first-order valence-corrected chi connectivity index (χ1v) is 6.05. The fourth-order valence-corrected chi connectivity index (χ4v) is 2.51. The van der Waals surface area contributed by atoms with E-state index in [1.165, 1.54) is 12.0 Å². The van der Waals surface area contributed by atoms with Crippen LogP contribution in [0.3, 0.4) is 0 Å². The van der Waals surface area contributed by atoms with Crippen LogP contribution in [0.5, 0.6) is 0 Å². The van der Waals surface area contributed by atoms with E-state index >= 15 is 0 Å². The van der Waals surface area contributed by atoms with Crippen molar-refractivity contribution in [2.45, 2.75) is 33.2 Å². The molecule has 88 valence electrons. The second kappa shape index (κ2) is 4.02. The van der Waals surface area contributed by atoms with Crippen LogP contribution < -0.4 is 11.3 Å². The number of halogens is 1. The van der Waals surface area contributed by atoms with Crippen LogP contribution in [0.2, 0.25) is 5.02 Å². The van der Waals surface area contributed by atoms with Gasteiger partial charge in [0, 0.05) is 11.1 Å². The lowest BCUT2D eigenvalue weighted by Gasteiger charge is -2.18. The standard InChI is InChI=1S/C13H19ClN2/c1-8-4-5-9(6-11(8)14)12(16-15)10-7-13(10,2)3/h4-6,10,12,16H,7,15H2,1-3H3. The zero-order valence-corrected chi connectivity index (χ0v) is 10.8. The smallest absolute Gasteiger partial charge is 0.0493 e. The SMILES string of the molecule is Cc1ccc(C(NN)C2CC2(C)C)cc1Cl. The van der Waals surface area contributed by atoms with Gasteiger partial charge in [-0.05, 0) is 41.9 Å². The Hall–Kier alpha value is -0.570. The molecule has 1 fully saturated rings. The molecular weight excluding hydrogens is 220 g/mol. The number of benzene rings is 1. The number of hydrogen-bond donors (Lipinski definition) is 2. The van der Waals surface area contributed by atoms with Crippen molar-refractivity contribution >= 4 is 11.6 Å². The first-order valence-electron chi connectivity index (χ1n) is 5.68. The number of aryl methyl sites for hydroxylation is 1. The van der Waals surface area contributed by atoms with Crippen molar-refractivity contribution in [1.29, 1.82) is 0 Å². The van der Waals surface area contributed by atoms with E-state index in [1.807, 2.05) is 13.0 Å². The van der Waals surface area contributed by atoms with Crippen LogP contribution in [0.1, 0.15) is 37.4 Å². The Bertz CT molecular complexity index is 401. The molecule has 3 heteroatoms. The van der Waals surface area contributed by atoms with Gasteiger partial charge in [0.2, 0.25) is 0 Å². The molecule has 1 aromatic carbocycles. The molecule has 1 aliphatic carbocycles. The Balaban J connectivity index is 2.24. The van der Waals surface area contributed by atoms with Gasteiger partial charge in [-0.15, -0.1) is 0 Å². The van der Waals surface area contributed by atoms with Crippen molar-refractivity contribution in [1.82, 2.24) is 5.43 Å². The number of nitrogens with one attached hydrogen (secondary N) is 1. The number of rotatable bonds is 3. The second-order valence-corrected chi connectivity index (χ2v) is 5.86. The molecule has 0 heterocycles. The highest BCUT2D eigenvalue weighted by Gasteiger charge is 2.50. The molecule has 2 atom stereocenters. The predicted molar refractivity (Wildman–Crippen MR) is 68.1 cm³/mol. The van der Waals surface area contributed by atoms with Crippen LogP contribution in [0.4, 0.5) is 0 Å². The van der Waals surface area contributed by atoms with Crippen molar-refractivity contribution in [3.8, 4) is 0 Å². The van der Waals surface area contributed by atoms with Crippen LogP contribution >= 0.6 is 11.6 Å². The van der Waals surface area contributed by atoms with Gasteiger partial charge in [0.15, 0.2) is 0 Å². The van der Waals surface area contributed by atoms with E-state index in [-0.39, 0.29) is 6.04 Å². The van der Waals surface area contributed by atoms with Gasteiger partial charge in [-0.2, -0.15) is 0 Å². The lowest BCUT2D eigenvalue weighted by molar-refractivity contribution is 0.423. The van der Waals surface area contributed by atoms with Crippen molar-refractivity contribution in [2.75, 3.05) is 0 Å². The molecule has 3 N–H and O–H groups in total. The van der Waals surface area contributed by atoms with Gasteiger partial charge in [-0.25, -0.2) is 0 Å². The van der Waals surface area contributed by atoms with E-state index in [1.54, 1.807) is 0 Å². The molecule has 1 aliphatic rings. The summed E-state index contributed by atoms with van der Waals surface area (Å²) in [6.45, 7) is 6.56. The summed E-state index contributed by atoms with van der Waals surface area (Å²) in [5.74, 6) is 6.27. The van der Waals surface area contributed by atoms with E-state index in [0.29, 0.717) is 11.3 Å². The summed E-state index contributed by atoms with van der Waals surface area (Å²) >= 11 is 6.14. The van der Waals surface area contributed by atoms with Crippen LogP contribution in [0.25, 0.3) is 0 Å². The molecule has 1 aromatic rings. The maximum absolute atomic E-state index is 6.14. The normalized spacial score (nSPS) is 24.2. The zero-order valence-electron chi connectivity index (χ0n) is 10.0. The summed E-state index contributed by atoms with van der Waals surface area (Å²) in [5.41, 5.74) is 5.62. The predicted octanol–water partition coefficient (Wildman–Crippen LogP) is 3.20. The molecule has 0 aliphatic heterocycles. The molecule has 2 nitrogen and oxygen atoms in total. The highest BCUT2D eigenvalue weighted by molar-refractivity contribution is 6.31. The largest absolute Gasteiger partial charge is 0.271 e. The van der Waals surface area contributed by atoms with Crippen LogP contribution in [-0.2, 0) is 0 Å². The fourth-order valence-electron chi connectivity index (χ4n) is 2.32. The van der Waals surface area contributed by atoms with Crippen molar-refractivity contribution in [3.05, 3.63) is 34.3 Å². The minimum absolute atomic E-state index is 0.216. The molecule has 0 saturated heterocycles. The van der Waals surface area contributed by atoms with E-state index < -0.39 is 0 Å². The Morgan fingerprint density at radius 1 is 1.50 bits per heavy atom. The summed E-state index contributed by atoms with van der Waals surface area (Å²) < 4.78 is 0. The highest BCUT2D eigenvalue weighted by atomic mass is 35.5. The third-order valence-corrected chi connectivity index (χ3v) is 4.13.